The summed E-state index contributed by atoms with van der Waals surface area (Å²) in [6, 6.07) is 9.47. The maximum atomic E-state index is 13.4. The first-order chi connectivity index (χ1) is 9.69. The topological polar surface area (TPSA) is 38.3 Å². The van der Waals surface area contributed by atoms with Gasteiger partial charge < -0.3 is 10.1 Å². The Kier molecular flexibility index (Phi) is 3.14. The van der Waals surface area contributed by atoms with E-state index in [0.29, 0.717) is 11.3 Å². The summed E-state index contributed by atoms with van der Waals surface area (Å²) in [6.07, 6.45) is 0.900. The zero-order chi connectivity index (χ0) is 14.1. The molecule has 0 atom stereocenters. The number of ketones is 1. The van der Waals surface area contributed by atoms with Crippen molar-refractivity contribution in [2.75, 3.05) is 19.0 Å². The lowest BCUT2D eigenvalue weighted by Gasteiger charge is -2.09. The van der Waals surface area contributed by atoms with E-state index in [0.717, 1.165) is 24.2 Å². The number of anilines is 1. The third-order valence-electron chi connectivity index (χ3n) is 3.48. The average Bonchev–Trinajstić information content (AvgIpc) is 2.93. The van der Waals surface area contributed by atoms with E-state index in [1.165, 1.54) is 25.3 Å². The molecule has 3 nitrogen and oxygen atoms in total. The van der Waals surface area contributed by atoms with Gasteiger partial charge in [-0.2, -0.15) is 0 Å². The van der Waals surface area contributed by atoms with Crippen LogP contribution in [-0.2, 0) is 6.42 Å². The molecule has 0 bridgehead atoms. The van der Waals surface area contributed by atoms with Gasteiger partial charge in [0.2, 0.25) is 0 Å². The van der Waals surface area contributed by atoms with E-state index < -0.39 is 5.82 Å². The van der Waals surface area contributed by atoms with E-state index in [-0.39, 0.29) is 11.3 Å². The summed E-state index contributed by atoms with van der Waals surface area (Å²) < 4.78 is 18.5. The molecule has 0 fully saturated rings. The van der Waals surface area contributed by atoms with Crippen LogP contribution in [0.3, 0.4) is 0 Å². The molecule has 0 spiro atoms. The Morgan fingerprint density at radius 1 is 1.25 bits per heavy atom. The van der Waals surface area contributed by atoms with Gasteiger partial charge in [-0.15, -0.1) is 0 Å². The number of benzene rings is 2. The smallest absolute Gasteiger partial charge is 0.196 e. The van der Waals surface area contributed by atoms with Gasteiger partial charge in [-0.25, -0.2) is 4.39 Å². The SMILES string of the molecule is COc1ccc(F)cc1C(=O)c1ccc2c(c1)CCN2. The van der Waals surface area contributed by atoms with Crippen LogP contribution in [0.25, 0.3) is 0 Å². The van der Waals surface area contributed by atoms with Crippen LogP contribution in [0.15, 0.2) is 36.4 Å². The average molecular weight is 271 g/mol. The maximum Gasteiger partial charge on any atom is 0.196 e. The lowest BCUT2D eigenvalue weighted by atomic mass is 9.99. The summed E-state index contributed by atoms with van der Waals surface area (Å²) in [4.78, 5) is 12.5. The summed E-state index contributed by atoms with van der Waals surface area (Å²) in [5.41, 5.74) is 2.98. The molecule has 1 N–H and O–H groups in total. The first-order valence-corrected chi connectivity index (χ1v) is 6.44. The fourth-order valence-electron chi connectivity index (χ4n) is 2.46. The van der Waals surface area contributed by atoms with Gasteiger partial charge in [0.15, 0.2) is 5.78 Å². The zero-order valence-electron chi connectivity index (χ0n) is 11.1. The molecular weight excluding hydrogens is 257 g/mol. The summed E-state index contributed by atoms with van der Waals surface area (Å²) in [5.74, 6) is -0.289. The minimum atomic E-state index is -0.447. The van der Waals surface area contributed by atoms with Crippen LogP contribution in [0.4, 0.5) is 10.1 Å². The van der Waals surface area contributed by atoms with Crippen LogP contribution in [0, 0.1) is 5.82 Å². The quantitative estimate of drug-likeness (QED) is 0.872. The second-order valence-corrected chi connectivity index (χ2v) is 4.72. The summed E-state index contributed by atoms with van der Waals surface area (Å²) in [7, 11) is 1.47. The predicted molar refractivity (Wildman–Crippen MR) is 75.0 cm³/mol. The largest absolute Gasteiger partial charge is 0.496 e. The highest BCUT2D eigenvalue weighted by molar-refractivity contribution is 6.11. The molecule has 0 unspecified atom stereocenters. The normalized spacial score (nSPS) is 12.7. The van der Waals surface area contributed by atoms with E-state index in [1.54, 1.807) is 6.07 Å². The van der Waals surface area contributed by atoms with Crippen molar-refractivity contribution in [3.8, 4) is 5.75 Å². The number of rotatable bonds is 3. The molecule has 2 aromatic rings. The highest BCUT2D eigenvalue weighted by atomic mass is 19.1. The first-order valence-electron chi connectivity index (χ1n) is 6.44. The number of carbonyl (C=O) groups excluding carboxylic acids is 1. The molecule has 0 saturated carbocycles. The van der Waals surface area contributed by atoms with Crippen molar-refractivity contribution >= 4 is 11.5 Å². The van der Waals surface area contributed by atoms with E-state index >= 15 is 0 Å². The van der Waals surface area contributed by atoms with Gasteiger partial charge in [0.25, 0.3) is 0 Å². The molecular formula is C16H14FNO2. The highest BCUT2D eigenvalue weighted by Crippen LogP contribution is 2.27. The molecule has 2 aromatic carbocycles. The fraction of sp³-hybridized carbons (Fsp3) is 0.188. The molecule has 0 aromatic heterocycles. The van der Waals surface area contributed by atoms with Crippen LogP contribution in [0.5, 0.6) is 5.75 Å². The summed E-state index contributed by atoms with van der Waals surface area (Å²) >= 11 is 0. The second-order valence-electron chi connectivity index (χ2n) is 4.72. The molecule has 4 heteroatoms. The minimum absolute atomic E-state index is 0.226. The molecule has 0 radical (unpaired) electrons. The number of hydrogen-bond donors (Lipinski definition) is 1. The minimum Gasteiger partial charge on any atom is -0.496 e. The number of nitrogens with one attached hydrogen (secondary N) is 1. The van der Waals surface area contributed by atoms with Crippen molar-refractivity contribution in [3.05, 3.63) is 58.9 Å². The van der Waals surface area contributed by atoms with Crippen molar-refractivity contribution in [2.45, 2.75) is 6.42 Å². The van der Waals surface area contributed by atoms with Crippen LogP contribution >= 0.6 is 0 Å². The molecule has 1 aliphatic heterocycles. The monoisotopic (exact) mass is 271 g/mol. The molecule has 0 saturated heterocycles. The molecule has 0 amide bonds. The van der Waals surface area contributed by atoms with E-state index in [4.69, 9.17) is 4.74 Å². The number of hydrogen-bond acceptors (Lipinski definition) is 3. The van der Waals surface area contributed by atoms with Gasteiger partial charge in [-0.3, -0.25) is 4.79 Å². The third kappa shape index (κ3) is 2.13. The Balaban J connectivity index is 2.02. The Labute approximate surface area is 116 Å². The Morgan fingerprint density at radius 3 is 2.90 bits per heavy atom. The fourth-order valence-corrected chi connectivity index (χ4v) is 2.46. The number of carbonyl (C=O) groups is 1. The second kappa shape index (κ2) is 4.96. The highest BCUT2D eigenvalue weighted by Gasteiger charge is 2.18. The molecule has 20 heavy (non-hydrogen) atoms. The van der Waals surface area contributed by atoms with Gasteiger partial charge in [-0.05, 0) is 48.4 Å². The lowest BCUT2D eigenvalue weighted by molar-refractivity contribution is 0.103. The standard InChI is InChI=1S/C16H14FNO2/c1-20-15-5-3-12(17)9-13(15)16(19)11-2-4-14-10(8-11)6-7-18-14/h2-5,8-9,18H,6-7H2,1H3. The lowest BCUT2D eigenvalue weighted by Crippen LogP contribution is -2.05. The van der Waals surface area contributed by atoms with Crippen LogP contribution < -0.4 is 10.1 Å². The van der Waals surface area contributed by atoms with Gasteiger partial charge in [0, 0.05) is 17.8 Å². The third-order valence-corrected chi connectivity index (χ3v) is 3.48. The van der Waals surface area contributed by atoms with Gasteiger partial charge in [-0.1, -0.05) is 0 Å². The molecule has 3 rings (SSSR count). The Hall–Kier alpha value is -2.36. The van der Waals surface area contributed by atoms with Crippen molar-refractivity contribution in [1.29, 1.82) is 0 Å². The van der Waals surface area contributed by atoms with Crippen molar-refractivity contribution in [3.63, 3.8) is 0 Å². The number of methoxy groups -OCH3 is 1. The van der Waals surface area contributed by atoms with Crippen molar-refractivity contribution < 1.29 is 13.9 Å². The van der Waals surface area contributed by atoms with Crippen molar-refractivity contribution in [2.24, 2.45) is 0 Å². The summed E-state index contributed by atoms with van der Waals surface area (Å²) in [6.45, 7) is 0.885. The van der Waals surface area contributed by atoms with E-state index in [1.807, 2.05) is 12.1 Å². The van der Waals surface area contributed by atoms with Gasteiger partial charge in [0.1, 0.15) is 11.6 Å². The number of fused-ring (bicyclic) bond motifs is 1. The van der Waals surface area contributed by atoms with Gasteiger partial charge in [0.05, 0.1) is 12.7 Å². The number of halogens is 1. The Morgan fingerprint density at radius 2 is 2.10 bits per heavy atom. The van der Waals surface area contributed by atoms with E-state index in [9.17, 15) is 9.18 Å². The Bertz CT molecular complexity index is 682. The van der Waals surface area contributed by atoms with E-state index in [2.05, 4.69) is 5.32 Å². The van der Waals surface area contributed by atoms with Crippen LogP contribution in [-0.4, -0.2) is 19.4 Å². The summed E-state index contributed by atoms with van der Waals surface area (Å²) in [5, 5.41) is 3.24. The van der Waals surface area contributed by atoms with Gasteiger partial charge >= 0.3 is 0 Å². The number of ether oxygens (including phenoxy) is 1. The first kappa shape index (κ1) is 12.7. The zero-order valence-corrected chi connectivity index (χ0v) is 11.1. The molecule has 0 aliphatic carbocycles. The molecule has 102 valence electrons. The van der Waals surface area contributed by atoms with Crippen molar-refractivity contribution in [1.82, 2.24) is 0 Å². The van der Waals surface area contributed by atoms with Crippen LogP contribution in [0.2, 0.25) is 0 Å². The molecule has 1 heterocycles. The predicted octanol–water partition coefficient (Wildman–Crippen LogP) is 3.03. The maximum absolute atomic E-state index is 13.4. The van der Waals surface area contributed by atoms with Crippen LogP contribution in [0.1, 0.15) is 21.5 Å². The molecule has 1 aliphatic rings.